The molecule has 1 fully saturated rings. The summed E-state index contributed by atoms with van der Waals surface area (Å²) in [4.78, 5) is 13.5. The summed E-state index contributed by atoms with van der Waals surface area (Å²) in [6.07, 6.45) is 0.749. The Morgan fingerprint density at radius 3 is 2.78 bits per heavy atom. The number of amides is 1. The molecule has 0 aromatic heterocycles. The van der Waals surface area contributed by atoms with Gasteiger partial charge in [0.05, 0.1) is 23.9 Å². The predicted molar refractivity (Wildman–Crippen MR) is 71.5 cm³/mol. The molecule has 0 radical (unpaired) electrons. The number of primary amides is 1. The van der Waals surface area contributed by atoms with Crippen LogP contribution in [0, 0.1) is 5.41 Å². The van der Waals surface area contributed by atoms with Crippen LogP contribution in [0.4, 0.5) is 11.4 Å². The fourth-order valence-corrected chi connectivity index (χ4v) is 2.29. The third-order valence-corrected chi connectivity index (χ3v) is 3.65. The van der Waals surface area contributed by atoms with E-state index in [-0.39, 0.29) is 5.91 Å². The van der Waals surface area contributed by atoms with Crippen LogP contribution in [0.5, 0.6) is 5.75 Å². The quantitative estimate of drug-likeness (QED) is 0.782. The molecule has 1 atom stereocenters. The largest absolute Gasteiger partial charge is 0.497 e. The highest BCUT2D eigenvalue weighted by Crippen LogP contribution is 2.36. The second-order valence-corrected chi connectivity index (χ2v) is 5.02. The lowest BCUT2D eigenvalue weighted by molar-refractivity contribution is -0.125. The summed E-state index contributed by atoms with van der Waals surface area (Å²) in [5.74, 6) is 0.498. The molecule has 98 valence electrons. The number of anilines is 2. The van der Waals surface area contributed by atoms with E-state index in [1.165, 1.54) is 0 Å². The van der Waals surface area contributed by atoms with Gasteiger partial charge in [0.15, 0.2) is 0 Å². The summed E-state index contributed by atoms with van der Waals surface area (Å²) >= 11 is 0. The maximum Gasteiger partial charge on any atom is 0.225 e. The third kappa shape index (κ3) is 2.08. The highest BCUT2D eigenvalue weighted by Gasteiger charge is 2.39. The molecule has 4 N–H and O–H groups in total. The standard InChI is InChI=1S/C13H19N3O2/c1-13(12(15)17)5-6-16(8-13)11-7-9(18-2)3-4-10(11)14/h3-4,7H,5-6,8,14H2,1-2H3,(H2,15,17). The highest BCUT2D eigenvalue weighted by molar-refractivity contribution is 5.83. The Morgan fingerprint density at radius 2 is 2.22 bits per heavy atom. The number of hydrogen-bond acceptors (Lipinski definition) is 4. The van der Waals surface area contributed by atoms with Crippen LogP contribution in [-0.2, 0) is 4.79 Å². The van der Waals surface area contributed by atoms with Gasteiger partial charge in [0.2, 0.25) is 5.91 Å². The minimum atomic E-state index is -0.477. The lowest BCUT2D eigenvalue weighted by atomic mass is 9.89. The molecule has 18 heavy (non-hydrogen) atoms. The molecule has 0 aliphatic carbocycles. The molecule has 0 spiro atoms. The van der Waals surface area contributed by atoms with Crippen LogP contribution >= 0.6 is 0 Å². The van der Waals surface area contributed by atoms with Gasteiger partial charge < -0.3 is 21.1 Å². The van der Waals surface area contributed by atoms with Crippen molar-refractivity contribution in [3.05, 3.63) is 18.2 Å². The first kappa shape index (κ1) is 12.5. The minimum absolute atomic E-state index is 0.258. The van der Waals surface area contributed by atoms with Crippen LogP contribution in [0.3, 0.4) is 0 Å². The predicted octanol–water partition coefficient (Wildman–Crippen LogP) is 0.979. The van der Waals surface area contributed by atoms with E-state index >= 15 is 0 Å². The molecule has 1 aliphatic rings. The number of ether oxygens (including phenoxy) is 1. The number of carbonyl (C=O) groups excluding carboxylic acids is 1. The fraction of sp³-hybridized carbons (Fsp3) is 0.462. The van der Waals surface area contributed by atoms with Crippen molar-refractivity contribution in [3.8, 4) is 5.75 Å². The second kappa shape index (κ2) is 4.40. The summed E-state index contributed by atoms with van der Waals surface area (Å²) < 4.78 is 5.19. The van der Waals surface area contributed by atoms with Gasteiger partial charge >= 0.3 is 0 Å². The Bertz CT molecular complexity index is 475. The number of rotatable bonds is 3. The van der Waals surface area contributed by atoms with Crippen molar-refractivity contribution >= 4 is 17.3 Å². The molecule has 0 saturated carbocycles. The second-order valence-electron chi connectivity index (χ2n) is 5.02. The Kier molecular flexibility index (Phi) is 3.07. The van der Waals surface area contributed by atoms with Gasteiger partial charge in [0, 0.05) is 19.2 Å². The number of nitrogens with zero attached hydrogens (tertiary/aromatic N) is 1. The molecule has 5 heteroatoms. The number of carbonyl (C=O) groups is 1. The van der Waals surface area contributed by atoms with E-state index in [0.29, 0.717) is 12.2 Å². The van der Waals surface area contributed by atoms with E-state index in [9.17, 15) is 4.79 Å². The van der Waals surface area contributed by atoms with Gasteiger partial charge in [-0.05, 0) is 25.5 Å². The molecule has 1 aromatic carbocycles. The zero-order valence-electron chi connectivity index (χ0n) is 10.8. The number of nitrogen functional groups attached to an aromatic ring is 1. The van der Waals surface area contributed by atoms with Crippen molar-refractivity contribution in [2.75, 3.05) is 30.8 Å². The lowest BCUT2D eigenvalue weighted by Crippen LogP contribution is -2.37. The molecule has 1 heterocycles. The fourth-order valence-electron chi connectivity index (χ4n) is 2.29. The van der Waals surface area contributed by atoms with Crippen LogP contribution in [0.25, 0.3) is 0 Å². The first-order chi connectivity index (χ1) is 8.46. The van der Waals surface area contributed by atoms with Crippen molar-refractivity contribution in [2.45, 2.75) is 13.3 Å². The van der Waals surface area contributed by atoms with Crippen LogP contribution in [0.1, 0.15) is 13.3 Å². The van der Waals surface area contributed by atoms with E-state index in [1.807, 2.05) is 25.1 Å². The molecule has 2 rings (SSSR count). The van der Waals surface area contributed by atoms with Crippen molar-refractivity contribution < 1.29 is 9.53 Å². The zero-order chi connectivity index (χ0) is 13.3. The maximum atomic E-state index is 11.4. The molecule has 1 unspecified atom stereocenters. The SMILES string of the molecule is COc1ccc(N)c(N2CCC(C)(C(N)=O)C2)c1. The Labute approximate surface area is 107 Å². The summed E-state index contributed by atoms with van der Waals surface area (Å²) in [5.41, 5.74) is 12.5. The van der Waals surface area contributed by atoms with E-state index in [2.05, 4.69) is 4.90 Å². The molecular formula is C13H19N3O2. The number of nitrogens with two attached hydrogens (primary N) is 2. The van der Waals surface area contributed by atoms with Gasteiger partial charge in [-0.3, -0.25) is 4.79 Å². The topological polar surface area (TPSA) is 81.6 Å². The van der Waals surface area contributed by atoms with Gasteiger partial charge in [0.25, 0.3) is 0 Å². The average molecular weight is 249 g/mol. The van der Waals surface area contributed by atoms with Gasteiger partial charge in [-0.25, -0.2) is 0 Å². The van der Waals surface area contributed by atoms with Crippen molar-refractivity contribution in [3.63, 3.8) is 0 Å². The molecule has 1 saturated heterocycles. The molecular weight excluding hydrogens is 230 g/mol. The minimum Gasteiger partial charge on any atom is -0.497 e. The van der Waals surface area contributed by atoms with Crippen molar-refractivity contribution in [2.24, 2.45) is 11.1 Å². The van der Waals surface area contributed by atoms with Crippen LogP contribution in [-0.4, -0.2) is 26.1 Å². The summed E-state index contributed by atoms with van der Waals surface area (Å²) in [5, 5.41) is 0. The van der Waals surface area contributed by atoms with E-state index < -0.39 is 5.41 Å². The van der Waals surface area contributed by atoms with Gasteiger partial charge in [-0.2, -0.15) is 0 Å². The Hall–Kier alpha value is -1.91. The monoisotopic (exact) mass is 249 g/mol. The maximum absolute atomic E-state index is 11.4. The first-order valence-corrected chi connectivity index (χ1v) is 5.95. The Balaban J connectivity index is 2.26. The smallest absolute Gasteiger partial charge is 0.225 e. The summed E-state index contributed by atoms with van der Waals surface area (Å²) in [6, 6.07) is 5.53. The molecule has 1 aromatic rings. The zero-order valence-corrected chi connectivity index (χ0v) is 10.8. The Morgan fingerprint density at radius 1 is 1.50 bits per heavy atom. The summed E-state index contributed by atoms with van der Waals surface area (Å²) in [7, 11) is 1.62. The average Bonchev–Trinajstić information content (AvgIpc) is 2.74. The van der Waals surface area contributed by atoms with Gasteiger partial charge in [-0.1, -0.05) is 0 Å². The van der Waals surface area contributed by atoms with E-state index in [0.717, 1.165) is 24.4 Å². The van der Waals surface area contributed by atoms with E-state index in [1.54, 1.807) is 7.11 Å². The number of hydrogen-bond donors (Lipinski definition) is 2. The lowest BCUT2D eigenvalue weighted by Gasteiger charge is -2.24. The number of benzene rings is 1. The van der Waals surface area contributed by atoms with Crippen molar-refractivity contribution in [1.82, 2.24) is 0 Å². The van der Waals surface area contributed by atoms with Crippen LogP contribution in [0.2, 0.25) is 0 Å². The first-order valence-electron chi connectivity index (χ1n) is 5.95. The molecule has 0 bridgehead atoms. The molecule has 1 amide bonds. The third-order valence-electron chi connectivity index (χ3n) is 3.65. The van der Waals surface area contributed by atoms with E-state index in [4.69, 9.17) is 16.2 Å². The number of methoxy groups -OCH3 is 1. The van der Waals surface area contributed by atoms with Gasteiger partial charge in [0.1, 0.15) is 5.75 Å². The highest BCUT2D eigenvalue weighted by atomic mass is 16.5. The van der Waals surface area contributed by atoms with Crippen LogP contribution in [0.15, 0.2) is 18.2 Å². The summed E-state index contributed by atoms with van der Waals surface area (Å²) in [6.45, 7) is 3.27. The normalized spacial score (nSPS) is 23.1. The van der Waals surface area contributed by atoms with Crippen LogP contribution < -0.4 is 21.1 Å². The van der Waals surface area contributed by atoms with Crippen molar-refractivity contribution in [1.29, 1.82) is 0 Å². The molecule has 5 nitrogen and oxygen atoms in total. The van der Waals surface area contributed by atoms with Gasteiger partial charge in [-0.15, -0.1) is 0 Å². The molecule has 1 aliphatic heterocycles.